The Hall–Kier alpha value is -2.04. The fourth-order valence-electron chi connectivity index (χ4n) is 3.24. The lowest BCUT2D eigenvalue weighted by Crippen LogP contribution is -2.50. The highest BCUT2D eigenvalue weighted by atomic mass is 35.5. The van der Waals surface area contributed by atoms with Gasteiger partial charge in [0.1, 0.15) is 0 Å². The van der Waals surface area contributed by atoms with Crippen LogP contribution < -0.4 is 0 Å². The second kappa shape index (κ2) is 8.14. The molecule has 28 heavy (non-hydrogen) atoms. The molecule has 0 radical (unpaired) electrons. The number of hydrogen-bond donors (Lipinski definition) is 0. The third-order valence-electron chi connectivity index (χ3n) is 5.01. The highest BCUT2D eigenvalue weighted by Gasteiger charge is 2.27. The molecule has 1 fully saturated rings. The molecule has 2 aromatic carbocycles. The molecule has 3 rings (SSSR count). The van der Waals surface area contributed by atoms with Crippen LogP contribution in [0.2, 0.25) is 10.0 Å². The highest BCUT2D eigenvalue weighted by Crippen LogP contribution is 2.24. The van der Waals surface area contributed by atoms with Crippen molar-refractivity contribution in [3.8, 4) is 0 Å². The third kappa shape index (κ3) is 4.50. The number of hydrogen-bond acceptors (Lipinski definition) is 2. The molecule has 0 atom stereocenters. The Balaban J connectivity index is 1.64. The van der Waals surface area contributed by atoms with E-state index in [1.807, 2.05) is 24.3 Å². The summed E-state index contributed by atoms with van der Waals surface area (Å²) >= 11 is 12.1. The van der Waals surface area contributed by atoms with Gasteiger partial charge in [-0.2, -0.15) is 0 Å². The Bertz CT molecular complexity index is 880. The summed E-state index contributed by atoms with van der Waals surface area (Å²) in [5.41, 5.74) is 2.31. The van der Waals surface area contributed by atoms with E-state index in [9.17, 15) is 9.59 Å². The van der Waals surface area contributed by atoms with Crippen molar-refractivity contribution in [2.24, 2.45) is 0 Å². The molecule has 0 unspecified atom stereocenters. The standard InChI is InChI=1S/C22H24Cl2N2O2/c1-22(2,3)16-6-4-15(5-7-16)20(27)25-10-12-26(13-11-25)21(28)18-14-17(23)8-9-19(18)24/h4-9,14H,10-13H2,1-3H3. The minimum absolute atomic E-state index is 0.00616. The Morgan fingerprint density at radius 3 is 1.89 bits per heavy atom. The highest BCUT2D eigenvalue weighted by molar-refractivity contribution is 6.35. The first-order chi connectivity index (χ1) is 13.2. The van der Waals surface area contributed by atoms with Crippen LogP contribution in [0.15, 0.2) is 42.5 Å². The third-order valence-corrected chi connectivity index (χ3v) is 5.58. The molecule has 2 amide bonds. The normalized spacial score (nSPS) is 14.9. The number of amides is 2. The number of piperazine rings is 1. The molecule has 0 aliphatic carbocycles. The lowest BCUT2D eigenvalue weighted by molar-refractivity contribution is 0.0535. The van der Waals surface area contributed by atoms with Gasteiger partial charge in [0.15, 0.2) is 0 Å². The Morgan fingerprint density at radius 1 is 0.821 bits per heavy atom. The zero-order valence-electron chi connectivity index (χ0n) is 16.3. The predicted octanol–water partition coefficient (Wildman–Crippen LogP) is 4.89. The van der Waals surface area contributed by atoms with Crippen LogP contribution in [0, 0.1) is 0 Å². The molecule has 6 heteroatoms. The van der Waals surface area contributed by atoms with Crippen molar-refractivity contribution in [2.45, 2.75) is 26.2 Å². The van der Waals surface area contributed by atoms with Crippen LogP contribution in [0.4, 0.5) is 0 Å². The Labute approximate surface area is 176 Å². The van der Waals surface area contributed by atoms with Crippen LogP contribution in [0.25, 0.3) is 0 Å². The molecular weight excluding hydrogens is 395 g/mol. The van der Waals surface area contributed by atoms with Gasteiger partial charge in [0, 0.05) is 36.8 Å². The van der Waals surface area contributed by atoms with E-state index >= 15 is 0 Å². The molecule has 148 valence electrons. The summed E-state index contributed by atoms with van der Waals surface area (Å²) < 4.78 is 0. The predicted molar refractivity (Wildman–Crippen MR) is 113 cm³/mol. The van der Waals surface area contributed by atoms with E-state index in [2.05, 4.69) is 20.8 Å². The molecular formula is C22H24Cl2N2O2. The van der Waals surface area contributed by atoms with Crippen LogP contribution in [-0.2, 0) is 5.41 Å². The van der Waals surface area contributed by atoms with Gasteiger partial charge in [-0.3, -0.25) is 9.59 Å². The summed E-state index contributed by atoms with van der Waals surface area (Å²) in [6.45, 7) is 8.35. The number of halogens is 2. The lowest BCUT2D eigenvalue weighted by Gasteiger charge is -2.35. The van der Waals surface area contributed by atoms with Crippen LogP contribution in [0.5, 0.6) is 0 Å². The van der Waals surface area contributed by atoms with Gasteiger partial charge >= 0.3 is 0 Å². The van der Waals surface area contributed by atoms with Gasteiger partial charge in [0.05, 0.1) is 10.6 Å². The van der Waals surface area contributed by atoms with Crippen molar-refractivity contribution < 1.29 is 9.59 Å². The number of benzene rings is 2. The molecule has 0 N–H and O–H groups in total. The molecule has 1 aliphatic rings. The van der Waals surface area contributed by atoms with Crippen LogP contribution in [0.1, 0.15) is 47.1 Å². The molecule has 2 aromatic rings. The van der Waals surface area contributed by atoms with Gasteiger partial charge in [-0.15, -0.1) is 0 Å². The Kier molecular flexibility index (Phi) is 6.01. The summed E-state index contributed by atoms with van der Waals surface area (Å²) in [5, 5.41) is 0.854. The van der Waals surface area contributed by atoms with Crippen molar-refractivity contribution in [2.75, 3.05) is 26.2 Å². The molecule has 1 heterocycles. The summed E-state index contributed by atoms with van der Waals surface area (Å²) in [6, 6.07) is 12.6. The molecule has 4 nitrogen and oxygen atoms in total. The van der Waals surface area contributed by atoms with Crippen molar-refractivity contribution >= 4 is 35.0 Å². The lowest BCUT2D eigenvalue weighted by atomic mass is 9.86. The van der Waals surface area contributed by atoms with Crippen LogP contribution in [-0.4, -0.2) is 47.8 Å². The average Bonchev–Trinajstić information content (AvgIpc) is 2.68. The van der Waals surface area contributed by atoms with Gasteiger partial charge in [0.25, 0.3) is 11.8 Å². The summed E-state index contributed by atoms with van der Waals surface area (Å²) in [4.78, 5) is 29.0. The van der Waals surface area contributed by atoms with Crippen molar-refractivity contribution in [1.82, 2.24) is 9.80 Å². The smallest absolute Gasteiger partial charge is 0.255 e. The monoisotopic (exact) mass is 418 g/mol. The molecule has 0 spiro atoms. The minimum Gasteiger partial charge on any atom is -0.335 e. The summed E-state index contributed by atoms with van der Waals surface area (Å²) in [7, 11) is 0. The van der Waals surface area contributed by atoms with E-state index in [4.69, 9.17) is 23.2 Å². The first-order valence-electron chi connectivity index (χ1n) is 9.31. The maximum absolute atomic E-state index is 12.8. The fraction of sp³-hybridized carbons (Fsp3) is 0.364. The van der Waals surface area contributed by atoms with E-state index in [-0.39, 0.29) is 17.2 Å². The van der Waals surface area contributed by atoms with Crippen molar-refractivity contribution in [1.29, 1.82) is 0 Å². The van der Waals surface area contributed by atoms with E-state index in [1.54, 1.807) is 28.0 Å². The van der Waals surface area contributed by atoms with Gasteiger partial charge in [-0.05, 0) is 41.3 Å². The first-order valence-corrected chi connectivity index (χ1v) is 10.1. The maximum atomic E-state index is 12.8. The SMILES string of the molecule is CC(C)(C)c1ccc(C(=O)N2CCN(C(=O)c3cc(Cl)ccc3Cl)CC2)cc1. The molecule has 1 aliphatic heterocycles. The van der Waals surface area contributed by atoms with Crippen LogP contribution in [0.3, 0.4) is 0 Å². The van der Waals surface area contributed by atoms with E-state index in [1.165, 1.54) is 5.56 Å². The summed E-state index contributed by atoms with van der Waals surface area (Å²) in [5.74, 6) is -0.164. The quantitative estimate of drug-likeness (QED) is 0.696. The zero-order chi connectivity index (χ0) is 20.5. The van der Waals surface area contributed by atoms with E-state index in [0.29, 0.717) is 47.4 Å². The zero-order valence-corrected chi connectivity index (χ0v) is 17.8. The van der Waals surface area contributed by atoms with E-state index < -0.39 is 0 Å². The van der Waals surface area contributed by atoms with Crippen LogP contribution >= 0.6 is 23.2 Å². The fourth-order valence-corrected chi connectivity index (χ4v) is 3.61. The summed E-state index contributed by atoms with van der Waals surface area (Å²) in [6.07, 6.45) is 0. The van der Waals surface area contributed by atoms with Gasteiger partial charge in [-0.1, -0.05) is 56.1 Å². The average molecular weight is 419 g/mol. The number of rotatable bonds is 2. The minimum atomic E-state index is -0.158. The number of carbonyl (C=O) groups excluding carboxylic acids is 2. The first kappa shape index (κ1) is 20.7. The van der Waals surface area contributed by atoms with Crippen molar-refractivity contribution in [3.63, 3.8) is 0 Å². The van der Waals surface area contributed by atoms with Gasteiger partial charge in [0.2, 0.25) is 0 Å². The number of nitrogens with zero attached hydrogens (tertiary/aromatic N) is 2. The number of carbonyl (C=O) groups is 2. The molecule has 0 saturated carbocycles. The molecule has 1 saturated heterocycles. The molecule has 0 aromatic heterocycles. The van der Waals surface area contributed by atoms with Gasteiger partial charge in [-0.25, -0.2) is 0 Å². The van der Waals surface area contributed by atoms with Crippen molar-refractivity contribution in [3.05, 3.63) is 69.2 Å². The van der Waals surface area contributed by atoms with Gasteiger partial charge < -0.3 is 9.80 Å². The van der Waals surface area contributed by atoms with E-state index in [0.717, 1.165) is 0 Å². The molecule has 0 bridgehead atoms. The topological polar surface area (TPSA) is 40.6 Å². The largest absolute Gasteiger partial charge is 0.335 e. The second-order valence-electron chi connectivity index (χ2n) is 8.04. The maximum Gasteiger partial charge on any atom is 0.255 e. The second-order valence-corrected chi connectivity index (χ2v) is 8.88. The Morgan fingerprint density at radius 2 is 1.36 bits per heavy atom.